The summed E-state index contributed by atoms with van der Waals surface area (Å²) in [5.74, 6) is -1.46. The van der Waals surface area contributed by atoms with Crippen molar-refractivity contribution in [1.29, 1.82) is 0 Å². The van der Waals surface area contributed by atoms with Crippen molar-refractivity contribution in [2.75, 3.05) is 38.6 Å². The first kappa shape index (κ1) is 18.2. The van der Waals surface area contributed by atoms with Crippen LogP contribution in [0, 0.1) is 11.3 Å². The number of fused-ring (bicyclic) bond motifs is 1. The maximum Gasteiger partial charge on any atom is 0.311 e. The van der Waals surface area contributed by atoms with Crippen LogP contribution in [-0.4, -0.2) is 68.9 Å². The van der Waals surface area contributed by atoms with Gasteiger partial charge < -0.3 is 14.7 Å². The van der Waals surface area contributed by atoms with Gasteiger partial charge in [0.25, 0.3) is 0 Å². The molecule has 23 heavy (non-hydrogen) atoms. The van der Waals surface area contributed by atoms with Gasteiger partial charge in [-0.15, -0.1) is 0 Å². The van der Waals surface area contributed by atoms with Crippen molar-refractivity contribution in [3.05, 3.63) is 0 Å². The van der Waals surface area contributed by atoms with E-state index in [4.69, 9.17) is 4.74 Å². The highest BCUT2D eigenvalue weighted by Gasteiger charge is 2.55. The van der Waals surface area contributed by atoms with E-state index < -0.39 is 21.4 Å². The van der Waals surface area contributed by atoms with Crippen molar-refractivity contribution in [2.24, 2.45) is 11.3 Å². The Hall–Kier alpha value is -1.19. The Labute approximate surface area is 136 Å². The summed E-state index contributed by atoms with van der Waals surface area (Å²) in [4.78, 5) is 25.2. The lowest BCUT2D eigenvalue weighted by atomic mass is 9.81. The lowest BCUT2D eigenvalue weighted by Crippen LogP contribution is -2.42. The first-order valence-electron chi connectivity index (χ1n) is 7.87. The fourth-order valence-electron chi connectivity index (χ4n) is 3.50. The summed E-state index contributed by atoms with van der Waals surface area (Å²) in [6.07, 6.45) is 2.25. The third-order valence-electron chi connectivity index (χ3n) is 4.79. The van der Waals surface area contributed by atoms with Crippen LogP contribution in [0.25, 0.3) is 0 Å². The minimum atomic E-state index is -3.57. The van der Waals surface area contributed by atoms with E-state index in [9.17, 15) is 23.1 Å². The molecule has 8 nitrogen and oxygen atoms in total. The van der Waals surface area contributed by atoms with Gasteiger partial charge in [-0.25, -0.2) is 13.1 Å². The number of nitrogens with zero attached hydrogens (tertiary/aromatic N) is 1. The summed E-state index contributed by atoms with van der Waals surface area (Å²) in [7, 11) is -3.57. The molecule has 1 aliphatic carbocycles. The van der Waals surface area contributed by atoms with Crippen molar-refractivity contribution in [2.45, 2.75) is 26.2 Å². The highest BCUT2D eigenvalue weighted by atomic mass is 32.2. The molecule has 1 saturated heterocycles. The average molecular weight is 348 g/mol. The van der Waals surface area contributed by atoms with Crippen LogP contribution in [0.15, 0.2) is 0 Å². The molecule has 0 bridgehead atoms. The molecule has 1 amide bonds. The van der Waals surface area contributed by atoms with Crippen LogP contribution in [-0.2, 0) is 24.3 Å². The summed E-state index contributed by atoms with van der Waals surface area (Å²) in [5.41, 5.74) is -0.844. The van der Waals surface area contributed by atoms with Gasteiger partial charge in [0.1, 0.15) is 0 Å². The molecule has 0 radical (unpaired) electrons. The van der Waals surface area contributed by atoms with Gasteiger partial charge >= 0.3 is 5.97 Å². The third kappa shape index (κ3) is 4.02. The van der Waals surface area contributed by atoms with Gasteiger partial charge in [0, 0.05) is 19.7 Å². The Balaban J connectivity index is 1.87. The normalized spacial score (nSPS) is 27.2. The summed E-state index contributed by atoms with van der Waals surface area (Å²) in [6.45, 7) is 2.51. The molecule has 2 fully saturated rings. The van der Waals surface area contributed by atoms with E-state index in [-0.39, 0.29) is 37.3 Å². The Kier molecular flexibility index (Phi) is 5.64. The van der Waals surface area contributed by atoms with Crippen LogP contribution in [0.1, 0.15) is 26.2 Å². The second kappa shape index (κ2) is 7.14. The molecular weight excluding hydrogens is 324 g/mol. The molecule has 0 aromatic heterocycles. The topological polar surface area (TPSA) is 113 Å². The Bertz CT molecular complexity index is 564. The quantitative estimate of drug-likeness (QED) is 0.580. The van der Waals surface area contributed by atoms with Gasteiger partial charge in [-0.1, -0.05) is 6.42 Å². The first-order chi connectivity index (χ1) is 10.8. The van der Waals surface area contributed by atoms with E-state index in [0.29, 0.717) is 19.6 Å². The molecule has 2 N–H and O–H groups in total. The molecule has 2 aliphatic rings. The van der Waals surface area contributed by atoms with Gasteiger partial charge in [-0.05, 0) is 25.7 Å². The van der Waals surface area contributed by atoms with Crippen LogP contribution >= 0.6 is 0 Å². The van der Waals surface area contributed by atoms with E-state index in [2.05, 4.69) is 4.72 Å². The molecule has 9 heteroatoms. The molecule has 0 aromatic carbocycles. The minimum absolute atomic E-state index is 0.0292. The van der Waals surface area contributed by atoms with Crippen molar-refractivity contribution in [3.63, 3.8) is 0 Å². The van der Waals surface area contributed by atoms with E-state index in [1.807, 2.05) is 0 Å². The molecule has 1 aliphatic heterocycles. The number of carboxylic acid groups (broad SMARTS) is 1. The predicted octanol–water partition coefficient (Wildman–Crippen LogP) is -0.344. The standard InChI is InChI=1S/C14H24N2O6S/c1-2-22-6-7-23(20,21)15-8-12(17)16-9-11-4-3-5-14(11,10-16)13(18)19/h11,15H,2-10H2,1H3,(H,18,19)/t11-,14+/m0/s1. The Morgan fingerprint density at radius 3 is 2.78 bits per heavy atom. The molecule has 1 saturated carbocycles. The number of sulfonamides is 1. The predicted molar refractivity (Wildman–Crippen MR) is 82.3 cm³/mol. The summed E-state index contributed by atoms with van der Waals surface area (Å²) >= 11 is 0. The second-order valence-corrected chi connectivity index (χ2v) is 8.09. The third-order valence-corrected chi connectivity index (χ3v) is 6.08. The summed E-state index contributed by atoms with van der Waals surface area (Å²) in [6, 6.07) is 0. The molecule has 0 aromatic rings. The molecule has 132 valence electrons. The number of carboxylic acids is 1. The van der Waals surface area contributed by atoms with E-state index in [0.717, 1.165) is 12.8 Å². The maximum absolute atomic E-state index is 12.2. The van der Waals surface area contributed by atoms with Gasteiger partial charge in [0.05, 0.1) is 24.3 Å². The molecule has 0 spiro atoms. The molecule has 2 atom stereocenters. The van der Waals surface area contributed by atoms with Crippen molar-refractivity contribution in [1.82, 2.24) is 9.62 Å². The Morgan fingerprint density at radius 2 is 2.17 bits per heavy atom. The zero-order chi connectivity index (χ0) is 17.1. The molecular formula is C14H24N2O6S. The monoisotopic (exact) mass is 348 g/mol. The molecule has 2 rings (SSSR count). The smallest absolute Gasteiger partial charge is 0.311 e. The fourth-order valence-corrected chi connectivity index (χ4v) is 4.32. The van der Waals surface area contributed by atoms with Crippen molar-refractivity contribution in [3.8, 4) is 0 Å². The zero-order valence-corrected chi connectivity index (χ0v) is 14.1. The first-order valence-corrected chi connectivity index (χ1v) is 9.52. The average Bonchev–Trinajstić information content (AvgIpc) is 3.03. The molecule has 1 heterocycles. The summed E-state index contributed by atoms with van der Waals surface area (Å²) < 4.78 is 30.7. The number of nitrogens with one attached hydrogen (secondary N) is 1. The SMILES string of the molecule is CCOCCS(=O)(=O)NCC(=O)N1C[C@@H]2CCC[C@@]2(C(=O)O)C1. The number of hydrogen-bond donors (Lipinski definition) is 2. The lowest BCUT2D eigenvalue weighted by molar-refractivity contribution is -0.149. The summed E-state index contributed by atoms with van der Waals surface area (Å²) in [5, 5.41) is 9.49. The van der Waals surface area contributed by atoms with Crippen LogP contribution < -0.4 is 4.72 Å². The van der Waals surface area contributed by atoms with Gasteiger partial charge in [0.15, 0.2) is 0 Å². The van der Waals surface area contributed by atoms with E-state index >= 15 is 0 Å². The highest BCUT2D eigenvalue weighted by Crippen LogP contribution is 2.48. The van der Waals surface area contributed by atoms with Crippen LogP contribution in [0.2, 0.25) is 0 Å². The highest BCUT2D eigenvalue weighted by molar-refractivity contribution is 7.89. The fraction of sp³-hybridized carbons (Fsp3) is 0.857. The van der Waals surface area contributed by atoms with Gasteiger partial charge in [-0.3, -0.25) is 9.59 Å². The van der Waals surface area contributed by atoms with Gasteiger partial charge in [-0.2, -0.15) is 0 Å². The van der Waals surface area contributed by atoms with Crippen LogP contribution in [0.4, 0.5) is 0 Å². The number of likely N-dealkylation sites (tertiary alicyclic amines) is 1. The number of ether oxygens (including phenoxy) is 1. The number of carbonyl (C=O) groups is 2. The Morgan fingerprint density at radius 1 is 1.43 bits per heavy atom. The molecule has 0 unspecified atom stereocenters. The lowest BCUT2D eigenvalue weighted by Gasteiger charge is -2.23. The van der Waals surface area contributed by atoms with Crippen molar-refractivity contribution < 1.29 is 27.9 Å². The number of rotatable bonds is 8. The van der Waals surface area contributed by atoms with E-state index in [1.165, 1.54) is 4.90 Å². The zero-order valence-electron chi connectivity index (χ0n) is 13.3. The number of hydrogen-bond acceptors (Lipinski definition) is 5. The van der Waals surface area contributed by atoms with Gasteiger partial charge in [0.2, 0.25) is 15.9 Å². The van der Waals surface area contributed by atoms with Crippen LogP contribution in [0.5, 0.6) is 0 Å². The minimum Gasteiger partial charge on any atom is -0.481 e. The number of aliphatic carboxylic acids is 1. The van der Waals surface area contributed by atoms with E-state index in [1.54, 1.807) is 6.92 Å². The number of carbonyl (C=O) groups excluding carboxylic acids is 1. The van der Waals surface area contributed by atoms with Crippen molar-refractivity contribution >= 4 is 21.9 Å². The number of amides is 1. The largest absolute Gasteiger partial charge is 0.481 e. The second-order valence-electron chi connectivity index (χ2n) is 6.16. The maximum atomic E-state index is 12.2. The van der Waals surface area contributed by atoms with Crippen LogP contribution in [0.3, 0.4) is 0 Å².